The number of fused-ring (bicyclic) bond motifs is 1. The molecule has 22 heavy (non-hydrogen) atoms. The Bertz CT molecular complexity index is 782. The Kier molecular flexibility index (Phi) is 4.39. The number of aromatic nitrogens is 3. The van der Waals surface area contributed by atoms with Crippen LogP contribution < -0.4 is 5.32 Å². The zero-order valence-corrected chi connectivity index (χ0v) is 13.0. The molecule has 0 saturated carbocycles. The lowest BCUT2D eigenvalue weighted by Crippen LogP contribution is -2.14. The predicted molar refractivity (Wildman–Crippen MR) is 89.0 cm³/mol. The maximum Gasteiger partial charge on any atom is 0.234 e. The highest BCUT2D eigenvalue weighted by Crippen LogP contribution is 2.16. The number of nitrogens with one attached hydrogen (secondary N) is 1. The second kappa shape index (κ2) is 6.62. The number of benzene rings is 1. The Balaban J connectivity index is 1.53. The lowest BCUT2D eigenvalue weighted by Gasteiger charge is -2.04. The van der Waals surface area contributed by atoms with Gasteiger partial charge in [0.05, 0.1) is 11.9 Å². The smallest absolute Gasteiger partial charge is 0.234 e. The monoisotopic (exact) mass is 312 g/mol. The van der Waals surface area contributed by atoms with Gasteiger partial charge in [-0.3, -0.25) is 4.79 Å². The van der Waals surface area contributed by atoms with Gasteiger partial charge in [-0.1, -0.05) is 29.8 Å². The lowest BCUT2D eigenvalue weighted by molar-refractivity contribution is -0.113. The van der Waals surface area contributed by atoms with Crippen LogP contribution >= 0.6 is 11.8 Å². The summed E-state index contributed by atoms with van der Waals surface area (Å²) < 4.78 is 1.63. The van der Waals surface area contributed by atoms with Crippen molar-refractivity contribution in [3.63, 3.8) is 0 Å². The summed E-state index contributed by atoms with van der Waals surface area (Å²) >= 11 is 1.59. The van der Waals surface area contributed by atoms with E-state index in [9.17, 15) is 4.79 Å². The standard InChI is InChI=1S/C16H16N4OS/c1-12-3-5-13(6-4-12)10-22-11-15(21)19-14-9-18-20-8-2-7-17-16(14)20/h2-9H,10-11H2,1H3,(H,19,21). The van der Waals surface area contributed by atoms with Gasteiger partial charge in [-0.25, -0.2) is 9.50 Å². The van der Waals surface area contributed by atoms with Gasteiger partial charge in [0.25, 0.3) is 0 Å². The van der Waals surface area contributed by atoms with E-state index in [0.29, 0.717) is 17.1 Å². The lowest BCUT2D eigenvalue weighted by atomic mass is 10.2. The normalized spacial score (nSPS) is 10.8. The molecule has 0 saturated heterocycles. The van der Waals surface area contributed by atoms with Crippen molar-refractivity contribution in [2.75, 3.05) is 11.1 Å². The molecule has 0 spiro atoms. The summed E-state index contributed by atoms with van der Waals surface area (Å²) in [6.07, 6.45) is 5.09. The van der Waals surface area contributed by atoms with E-state index in [1.807, 2.05) is 0 Å². The number of carbonyl (C=O) groups excluding carboxylic acids is 1. The van der Waals surface area contributed by atoms with Crippen molar-refractivity contribution in [1.29, 1.82) is 0 Å². The number of hydrogen-bond donors (Lipinski definition) is 1. The third kappa shape index (κ3) is 3.46. The molecule has 5 nitrogen and oxygen atoms in total. The molecule has 3 aromatic rings. The molecule has 1 N–H and O–H groups in total. The number of nitrogens with zero attached hydrogens (tertiary/aromatic N) is 3. The van der Waals surface area contributed by atoms with Crippen molar-refractivity contribution in [2.24, 2.45) is 0 Å². The molecular formula is C16H16N4OS. The van der Waals surface area contributed by atoms with E-state index in [1.54, 1.807) is 40.9 Å². The Hall–Kier alpha value is -2.34. The molecule has 0 aliphatic rings. The van der Waals surface area contributed by atoms with Gasteiger partial charge in [-0.15, -0.1) is 11.8 Å². The Labute approximate surface area is 132 Å². The van der Waals surface area contributed by atoms with Crippen LogP contribution in [0.2, 0.25) is 0 Å². The molecule has 0 bridgehead atoms. The number of aryl methyl sites for hydroxylation is 1. The highest BCUT2D eigenvalue weighted by molar-refractivity contribution is 7.99. The van der Waals surface area contributed by atoms with Crippen molar-refractivity contribution in [3.8, 4) is 0 Å². The summed E-state index contributed by atoms with van der Waals surface area (Å²) in [6, 6.07) is 10.1. The summed E-state index contributed by atoms with van der Waals surface area (Å²) in [5.41, 5.74) is 3.76. The molecule has 3 rings (SSSR count). The highest BCUT2D eigenvalue weighted by Gasteiger charge is 2.08. The highest BCUT2D eigenvalue weighted by atomic mass is 32.2. The van der Waals surface area contributed by atoms with Gasteiger partial charge in [0.2, 0.25) is 5.91 Å². The zero-order valence-electron chi connectivity index (χ0n) is 12.2. The average Bonchev–Trinajstić information content (AvgIpc) is 2.93. The van der Waals surface area contributed by atoms with Crippen LogP contribution in [0.15, 0.2) is 48.9 Å². The Morgan fingerprint density at radius 1 is 1.32 bits per heavy atom. The van der Waals surface area contributed by atoms with Crippen LogP contribution in [0.4, 0.5) is 5.69 Å². The fraction of sp³-hybridized carbons (Fsp3) is 0.188. The summed E-state index contributed by atoms with van der Waals surface area (Å²) in [7, 11) is 0. The molecule has 2 heterocycles. The van der Waals surface area contributed by atoms with Crippen molar-refractivity contribution in [3.05, 3.63) is 60.0 Å². The molecule has 0 fully saturated rings. The topological polar surface area (TPSA) is 59.3 Å². The molecule has 1 amide bonds. The van der Waals surface area contributed by atoms with Gasteiger partial charge in [0.1, 0.15) is 5.69 Å². The molecular weight excluding hydrogens is 296 g/mol. The first kappa shape index (κ1) is 14.6. The minimum Gasteiger partial charge on any atom is -0.321 e. The molecule has 0 atom stereocenters. The summed E-state index contributed by atoms with van der Waals surface area (Å²) in [4.78, 5) is 16.2. The summed E-state index contributed by atoms with van der Waals surface area (Å²) in [5, 5.41) is 7.00. The van der Waals surface area contributed by atoms with Crippen LogP contribution in [0.1, 0.15) is 11.1 Å². The molecule has 0 aliphatic heterocycles. The van der Waals surface area contributed by atoms with E-state index >= 15 is 0 Å². The van der Waals surface area contributed by atoms with Gasteiger partial charge in [0.15, 0.2) is 5.65 Å². The van der Waals surface area contributed by atoms with Crippen molar-refractivity contribution < 1.29 is 4.79 Å². The summed E-state index contributed by atoms with van der Waals surface area (Å²) in [5.74, 6) is 1.18. The SMILES string of the molecule is Cc1ccc(CSCC(=O)Nc2cnn3cccnc23)cc1. The third-order valence-electron chi connectivity index (χ3n) is 3.18. The number of hydrogen-bond acceptors (Lipinski definition) is 4. The van der Waals surface area contributed by atoms with Crippen LogP contribution in [-0.4, -0.2) is 26.3 Å². The average molecular weight is 312 g/mol. The molecule has 2 aromatic heterocycles. The van der Waals surface area contributed by atoms with Gasteiger partial charge < -0.3 is 5.32 Å². The molecule has 0 aliphatic carbocycles. The van der Waals surface area contributed by atoms with Crippen LogP contribution in [0.3, 0.4) is 0 Å². The molecule has 6 heteroatoms. The number of anilines is 1. The van der Waals surface area contributed by atoms with E-state index in [2.05, 4.69) is 46.6 Å². The molecule has 112 valence electrons. The molecule has 1 aromatic carbocycles. The minimum atomic E-state index is -0.0438. The largest absolute Gasteiger partial charge is 0.321 e. The fourth-order valence-corrected chi connectivity index (χ4v) is 2.84. The predicted octanol–water partition coefficient (Wildman–Crippen LogP) is 2.91. The van der Waals surface area contributed by atoms with Crippen LogP contribution in [0, 0.1) is 6.92 Å². The molecule has 0 unspecified atom stereocenters. The second-order valence-electron chi connectivity index (χ2n) is 4.97. The Morgan fingerprint density at radius 2 is 2.14 bits per heavy atom. The van der Waals surface area contributed by atoms with E-state index in [-0.39, 0.29) is 5.91 Å². The summed E-state index contributed by atoms with van der Waals surface area (Å²) in [6.45, 7) is 2.06. The van der Waals surface area contributed by atoms with Crippen LogP contribution in [0.5, 0.6) is 0 Å². The zero-order chi connectivity index (χ0) is 15.4. The van der Waals surface area contributed by atoms with Crippen LogP contribution in [-0.2, 0) is 10.5 Å². The van der Waals surface area contributed by atoms with Gasteiger partial charge in [-0.2, -0.15) is 5.10 Å². The van der Waals surface area contributed by atoms with Crippen molar-refractivity contribution >= 4 is 29.0 Å². The van der Waals surface area contributed by atoms with Gasteiger partial charge in [0, 0.05) is 18.1 Å². The minimum absolute atomic E-state index is 0.0438. The second-order valence-corrected chi connectivity index (χ2v) is 5.96. The third-order valence-corrected chi connectivity index (χ3v) is 4.18. The first-order valence-corrected chi connectivity index (χ1v) is 8.09. The first-order valence-electron chi connectivity index (χ1n) is 6.94. The van der Waals surface area contributed by atoms with Crippen molar-refractivity contribution in [1.82, 2.24) is 14.6 Å². The Morgan fingerprint density at radius 3 is 2.95 bits per heavy atom. The van der Waals surface area contributed by atoms with Gasteiger partial charge >= 0.3 is 0 Å². The number of amides is 1. The first-order chi connectivity index (χ1) is 10.7. The van der Waals surface area contributed by atoms with Crippen LogP contribution in [0.25, 0.3) is 5.65 Å². The van der Waals surface area contributed by atoms with E-state index < -0.39 is 0 Å². The van der Waals surface area contributed by atoms with Gasteiger partial charge in [-0.05, 0) is 18.6 Å². The number of carbonyl (C=O) groups is 1. The van der Waals surface area contributed by atoms with E-state index in [1.165, 1.54) is 11.1 Å². The fourth-order valence-electron chi connectivity index (χ4n) is 2.05. The molecule has 0 radical (unpaired) electrons. The number of thioether (sulfide) groups is 1. The van der Waals surface area contributed by atoms with E-state index in [4.69, 9.17) is 0 Å². The quantitative estimate of drug-likeness (QED) is 0.787. The van der Waals surface area contributed by atoms with Crippen molar-refractivity contribution in [2.45, 2.75) is 12.7 Å². The maximum absolute atomic E-state index is 12.0. The maximum atomic E-state index is 12.0. The van der Waals surface area contributed by atoms with E-state index in [0.717, 1.165) is 5.75 Å². The number of rotatable bonds is 5.